The summed E-state index contributed by atoms with van der Waals surface area (Å²) >= 11 is 1.88. The van der Waals surface area contributed by atoms with Gasteiger partial charge in [-0.05, 0) is 147 Å². The zero-order valence-electron chi connectivity index (χ0n) is 37.9. The fraction of sp³-hybridized carbons (Fsp3) is 0.0606. The van der Waals surface area contributed by atoms with Crippen molar-refractivity contribution < 1.29 is 4.42 Å². The lowest BCUT2D eigenvalue weighted by Crippen LogP contribution is -2.11. The van der Waals surface area contributed by atoms with Crippen LogP contribution in [0.5, 0.6) is 0 Å². The minimum Gasteiger partial charge on any atom is -0.456 e. The highest BCUT2D eigenvalue weighted by molar-refractivity contribution is 7.25. The Bertz CT molecular complexity index is 4110. The number of thiophene rings is 1. The lowest BCUT2D eigenvalue weighted by Gasteiger charge is -2.28. The highest BCUT2D eigenvalue weighted by Crippen LogP contribution is 2.51. The Labute approximate surface area is 405 Å². The summed E-state index contributed by atoms with van der Waals surface area (Å²) in [4.78, 5) is 2.43. The van der Waals surface area contributed by atoms with Gasteiger partial charge in [-0.25, -0.2) is 0 Å². The number of rotatable bonds is 7. The lowest BCUT2D eigenvalue weighted by atomic mass is 9.82. The van der Waals surface area contributed by atoms with Crippen molar-refractivity contribution in [3.63, 3.8) is 0 Å². The highest BCUT2D eigenvalue weighted by Gasteiger charge is 2.29. The summed E-state index contributed by atoms with van der Waals surface area (Å²) in [7, 11) is 0. The van der Waals surface area contributed by atoms with Crippen molar-refractivity contribution in [2.24, 2.45) is 0 Å². The molecular weight excluding hydrogens is 855 g/mol. The number of benzene rings is 11. The third kappa shape index (κ3) is 6.68. The Morgan fingerprint density at radius 1 is 0.449 bits per heavy atom. The van der Waals surface area contributed by atoms with Crippen molar-refractivity contribution in [2.75, 3.05) is 4.90 Å². The Hall–Kier alpha value is -8.24. The van der Waals surface area contributed by atoms with Crippen LogP contribution in [0.3, 0.4) is 0 Å². The molecule has 2 nitrogen and oxygen atoms in total. The van der Waals surface area contributed by atoms with Gasteiger partial charge in [0.15, 0.2) is 0 Å². The molecule has 69 heavy (non-hydrogen) atoms. The third-order valence-electron chi connectivity index (χ3n) is 14.7. The van der Waals surface area contributed by atoms with Crippen molar-refractivity contribution in [1.82, 2.24) is 0 Å². The normalized spacial score (nSPS) is 13.6. The molecule has 0 spiro atoms. The first kappa shape index (κ1) is 39.9. The topological polar surface area (TPSA) is 16.4 Å². The summed E-state index contributed by atoms with van der Waals surface area (Å²) in [6, 6.07) is 85.3. The van der Waals surface area contributed by atoms with E-state index in [4.69, 9.17) is 4.42 Å². The molecule has 11 aromatic carbocycles. The molecule has 1 aliphatic rings. The molecule has 14 rings (SSSR count). The highest BCUT2D eigenvalue weighted by atomic mass is 32.1. The molecular formula is C66H45NOS. The van der Waals surface area contributed by atoms with Gasteiger partial charge in [-0.15, -0.1) is 11.3 Å². The molecule has 2 heterocycles. The zero-order valence-corrected chi connectivity index (χ0v) is 38.7. The molecule has 1 aliphatic carbocycles. The number of para-hydroxylation sites is 2. The predicted octanol–water partition coefficient (Wildman–Crippen LogP) is 19.0. The molecule has 0 bridgehead atoms. The zero-order chi connectivity index (χ0) is 45.4. The molecule has 0 amide bonds. The second-order valence-electron chi connectivity index (χ2n) is 18.7. The van der Waals surface area contributed by atoms with E-state index < -0.39 is 0 Å². The molecule has 0 N–H and O–H groups in total. The van der Waals surface area contributed by atoms with Crippen LogP contribution in [0.2, 0.25) is 0 Å². The molecule has 0 saturated heterocycles. The first-order valence-corrected chi connectivity index (χ1v) is 24.9. The molecule has 3 heteroatoms. The van der Waals surface area contributed by atoms with Gasteiger partial charge in [0.25, 0.3) is 0 Å². The third-order valence-corrected chi connectivity index (χ3v) is 15.9. The quantitative estimate of drug-likeness (QED) is 0.148. The van der Waals surface area contributed by atoms with Crippen LogP contribution in [0.25, 0.3) is 97.0 Å². The Morgan fingerprint density at radius 2 is 1.10 bits per heavy atom. The van der Waals surface area contributed by atoms with Crippen molar-refractivity contribution in [3.05, 3.63) is 247 Å². The van der Waals surface area contributed by atoms with Crippen molar-refractivity contribution in [1.29, 1.82) is 0 Å². The Morgan fingerprint density at radius 3 is 1.94 bits per heavy atom. The fourth-order valence-electron chi connectivity index (χ4n) is 11.5. The van der Waals surface area contributed by atoms with Gasteiger partial charge in [-0.2, -0.15) is 0 Å². The predicted molar refractivity (Wildman–Crippen MR) is 294 cm³/mol. The maximum Gasteiger partial charge on any atom is 0.136 e. The average molecular weight is 900 g/mol. The van der Waals surface area contributed by atoms with Crippen molar-refractivity contribution in [2.45, 2.75) is 25.2 Å². The summed E-state index contributed by atoms with van der Waals surface area (Å²) in [5.74, 6) is 0.269. The average Bonchev–Trinajstić information content (AvgIpc) is 3.94. The minimum absolute atomic E-state index is 0.269. The van der Waals surface area contributed by atoms with Gasteiger partial charge in [0.1, 0.15) is 11.2 Å². The van der Waals surface area contributed by atoms with Crippen LogP contribution in [0.1, 0.15) is 29.0 Å². The second kappa shape index (κ2) is 16.2. The Kier molecular flexibility index (Phi) is 9.38. The van der Waals surface area contributed by atoms with Crippen LogP contribution >= 0.6 is 11.3 Å². The fourth-order valence-corrected chi connectivity index (χ4v) is 12.6. The van der Waals surface area contributed by atoms with Gasteiger partial charge in [0.2, 0.25) is 0 Å². The molecule has 0 aliphatic heterocycles. The van der Waals surface area contributed by atoms with Gasteiger partial charge in [-0.3, -0.25) is 0 Å². The SMILES string of the molecule is c1ccc(-c2c3c(cc4oc5ccccc5c24)CCC(Cc2ccc(N(c4ccccc4)c4cc5ccccc5c5ccccc45)cc2)c2cc(-c4ccc5sc6ccccc6c5c4)ccc2-3)cc1. The van der Waals surface area contributed by atoms with E-state index in [2.05, 4.69) is 235 Å². The first-order chi connectivity index (χ1) is 34.2. The molecule has 0 radical (unpaired) electrons. The number of hydrogen-bond donors (Lipinski definition) is 0. The van der Waals surface area contributed by atoms with E-state index in [1.807, 2.05) is 11.3 Å². The summed E-state index contributed by atoms with van der Waals surface area (Å²) in [6.07, 6.45) is 2.88. The molecule has 0 fully saturated rings. The van der Waals surface area contributed by atoms with Crippen molar-refractivity contribution >= 4 is 92.1 Å². The minimum atomic E-state index is 0.269. The second-order valence-corrected chi connectivity index (χ2v) is 19.8. The maximum atomic E-state index is 6.70. The van der Waals surface area contributed by atoms with E-state index in [0.717, 1.165) is 47.2 Å². The molecule has 2 aromatic heterocycles. The van der Waals surface area contributed by atoms with Crippen LogP contribution in [0.15, 0.2) is 235 Å². The maximum absolute atomic E-state index is 6.70. The molecule has 1 atom stereocenters. The summed E-state index contributed by atoms with van der Waals surface area (Å²) < 4.78 is 9.36. The number of furan rings is 1. The molecule has 13 aromatic rings. The number of hydrogen-bond acceptors (Lipinski definition) is 3. The number of nitrogens with zero attached hydrogens (tertiary/aromatic N) is 1. The van der Waals surface area contributed by atoms with Gasteiger partial charge in [0.05, 0.1) is 5.69 Å². The van der Waals surface area contributed by atoms with E-state index in [1.165, 1.54) is 103 Å². The van der Waals surface area contributed by atoms with Gasteiger partial charge >= 0.3 is 0 Å². The monoisotopic (exact) mass is 899 g/mol. The van der Waals surface area contributed by atoms with E-state index in [-0.39, 0.29) is 5.92 Å². The molecule has 0 saturated carbocycles. The van der Waals surface area contributed by atoms with Crippen LogP contribution in [0.4, 0.5) is 17.1 Å². The molecule has 326 valence electrons. The smallest absolute Gasteiger partial charge is 0.136 e. The lowest BCUT2D eigenvalue weighted by molar-refractivity contribution is 0.628. The van der Waals surface area contributed by atoms with E-state index in [0.29, 0.717) is 0 Å². The van der Waals surface area contributed by atoms with E-state index in [9.17, 15) is 0 Å². The first-order valence-electron chi connectivity index (χ1n) is 24.1. The summed E-state index contributed by atoms with van der Waals surface area (Å²) in [5, 5.41) is 10.00. The van der Waals surface area contributed by atoms with Crippen LogP contribution in [-0.2, 0) is 12.8 Å². The standard InChI is InChI=1S/C66H45NOS/c1-3-15-43(16-4-1)65-64-48(41-61-66(65)56-24-11-13-25-60(56)68-61)30-29-47(57-38-44(31-35-55(57)64)45-32-36-63-58(39-45)54-23-12-14-26-62(54)69-63)37-42-27-33-50(34-28-42)67(49-18-5-2-6-19-49)59-40-46-17-7-8-20-51(46)52-21-9-10-22-53(52)59/h1-28,31-36,38-41,47H,29-30,37H2. The van der Waals surface area contributed by atoms with Crippen molar-refractivity contribution in [3.8, 4) is 33.4 Å². The van der Waals surface area contributed by atoms with Gasteiger partial charge in [-0.1, -0.05) is 170 Å². The number of fused-ring (bicyclic) bond motifs is 12. The number of anilines is 3. The van der Waals surface area contributed by atoms with Crippen LogP contribution in [0, 0.1) is 0 Å². The van der Waals surface area contributed by atoms with Crippen LogP contribution < -0.4 is 4.90 Å². The van der Waals surface area contributed by atoms with Gasteiger partial charge in [0, 0.05) is 53.3 Å². The van der Waals surface area contributed by atoms with Gasteiger partial charge < -0.3 is 9.32 Å². The Balaban J connectivity index is 0.924. The summed E-state index contributed by atoms with van der Waals surface area (Å²) in [5.41, 5.74) is 17.1. The molecule has 1 unspecified atom stereocenters. The van der Waals surface area contributed by atoms with E-state index >= 15 is 0 Å². The van der Waals surface area contributed by atoms with E-state index in [1.54, 1.807) is 0 Å². The largest absolute Gasteiger partial charge is 0.456 e. The summed E-state index contributed by atoms with van der Waals surface area (Å²) in [6.45, 7) is 0. The van der Waals surface area contributed by atoms with Crippen LogP contribution in [-0.4, -0.2) is 0 Å². The number of aryl methyl sites for hydroxylation is 1.